The average Bonchev–Trinajstić information content (AvgIpc) is 2.94. The fourth-order valence-corrected chi connectivity index (χ4v) is 2.09. The molecule has 0 bridgehead atoms. The molecule has 1 heterocycles. The summed E-state index contributed by atoms with van der Waals surface area (Å²) in [5, 5.41) is 22.9. The Hall–Kier alpha value is -3.15. The zero-order valence-electron chi connectivity index (χ0n) is 11.3. The molecule has 0 unspecified atom stereocenters. The first-order valence-electron chi connectivity index (χ1n) is 6.43. The van der Waals surface area contributed by atoms with Gasteiger partial charge in [-0.1, -0.05) is 0 Å². The quantitative estimate of drug-likeness (QED) is 0.779. The molecule has 0 aliphatic heterocycles. The van der Waals surface area contributed by atoms with Gasteiger partial charge in [-0.3, -0.25) is 0 Å². The Morgan fingerprint density at radius 1 is 1.05 bits per heavy atom. The van der Waals surface area contributed by atoms with Crippen LogP contribution in [0.4, 0.5) is 4.39 Å². The summed E-state index contributed by atoms with van der Waals surface area (Å²) in [5.74, 6) is -1.43. The normalized spacial score (nSPS) is 10.6. The lowest BCUT2D eigenvalue weighted by atomic mass is 10.1. The largest absolute Gasteiger partial charge is 0.508 e. The van der Waals surface area contributed by atoms with E-state index >= 15 is 0 Å². The molecule has 5 nitrogen and oxygen atoms in total. The van der Waals surface area contributed by atoms with Gasteiger partial charge in [0.15, 0.2) is 5.69 Å². The number of benzene rings is 2. The summed E-state index contributed by atoms with van der Waals surface area (Å²) >= 11 is 0. The fraction of sp³-hybridized carbons (Fsp3) is 0. The van der Waals surface area contributed by atoms with Gasteiger partial charge in [-0.15, -0.1) is 0 Å². The molecular weight excluding hydrogens is 287 g/mol. The highest BCUT2D eigenvalue weighted by molar-refractivity contribution is 5.88. The molecule has 2 aromatic carbocycles. The Morgan fingerprint density at radius 2 is 1.68 bits per heavy atom. The molecule has 3 rings (SSSR count). The van der Waals surface area contributed by atoms with Crippen LogP contribution in [0, 0.1) is 5.82 Å². The molecule has 0 saturated carbocycles. The van der Waals surface area contributed by atoms with Crippen LogP contribution in [0.1, 0.15) is 10.5 Å². The first-order valence-corrected chi connectivity index (χ1v) is 6.43. The van der Waals surface area contributed by atoms with E-state index in [2.05, 4.69) is 5.10 Å². The Balaban J connectivity index is 2.11. The summed E-state index contributed by atoms with van der Waals surface area (Å²) < 4.78 is 14.2. The van der Waals surface area contributed by atoms with Crippen molar-refractivity contribution in [3.63, 3.8) is 0 Å². The van der Waals surface area contributed by atoms with Crippen molar-refractivity contribution in [2.75, 3.05) is 0 Å². The van der Waals surface area contributed by atoms with E-state index in [4.69, 9.17) is 0 Å². The molecule has 0 fully saturated rings. The van der Waals surface area contributed by atoms with E-state index in [0.29, 0.717) is 16.9 Å². The molecule has 0 amide bonds. The fourth-order valence-electron chi connectivity index (χ4n) is 2.09. The third-order valence-electron chi connectivity index (χ3n) is 3.16. The number of carboxylic acid groups (broad SMARTS) is 1. The van der Waals surface area contributed by atoms with Crippen molar-refractivity contribution in [2.45, 2.75) is 0 Å². The second kappa shape index (κ2) is 5.33. The number of aromatic hydroxyl groups is 1. The molecule has 110 valence electrons. The smallest absolute Gasteiger partial charge is 0.354 e. The van der Waals surface area contributed by atoms with Gasteiger partial charge in [0.2, 0.25) is 0 Å². The van der Waals surface area contributed by atoms with Gasteiger partial charge >= 0.3 is 5.97 Å². The number of hydrogen-bond acceptors (Lipinski definition) is 3. The Kier molecular flexibility index (Phi) is 3.34. The summed E-state index contributed by atoms with van der Waals surface area (Å²) in [4.78, 5) is 11.4. The number of carboxylic acids is 1. The molecule has 0 radical (unpaired) electrons. The lowest BCUT2D eigenvalue weighted by molar-refractivity contribution is 0.0687. The molecule has 0 aliphatic rings. The lowest BCUT2D eigenvalue weighted by Gasteiger charge is -2.04. The van der Waals surface area contributed by atoms with Crippen LogP contribution >= 0.6 is 0 Å². The first-order chi connectivity index (χ1) is 10.5. The van der Waals surface area contributed by atoms with Gasteiger partial charge in [0, 0.05) is 5.56 Å². The molecule has 6 heteroatoms. The number of phenolic OH excluding ortho intramolecular Hbond substituents is 1. The average molecular weight is 298 g/mol. The number of aromatic nitrogens is 2. The molecule has 1 aromatic heterocycles. The van der Waals surface area contributed by atoms with E-state index < -0.39 is 5.97 Å². The summed E-state index contributed by atoms with van der Waals surface area (Å²) in [6.45, 7) is 0. The number of halogens is 1. The van der Waals surface area contributed by atoms with Crippen molar-refractivity contribution in [2.24, 2.45) is 0 Å². The zero-order chi connectivity index (χ0) is 15.7. The van der Waals surface area contributed by atoms with Gasteiger partial charge in [-0.25, -0.2) is 13.9 Å². The van der Waals surface area contributed by atoms with Gasteiger partial charge in [0.1, 0.15) is 11.6 Å². The second-order valence-corrected chi connectivity index (χ2v) is 4.66. The van der Waals surface area contributed by atoms with Crippen molar-refractivity contribution < 1.29 is 19.4 Å². The van der Waals surface area contributed by atoms with Crippen LogP contribution in [0.2, 0.25) is 0 Å². The van der Waals surface area contributed by atoms with Crippen LogP contribution in [-0.2, 0) is 0 Å². The third kappa shape index (κ3) is 2.54. The van der Waals surface area contributed by atoms with Crippen molar-refractivity contribution in [1.29, 1.82) is 0 Å². The SMILES string of the molecule is O=C(O)c1cc(-c2ccc(F)cc2)nn1-c1ccc(O)cc1. The third-order valence-corrected chi connectivity index (χ3v) is 3.16. The summed E-state index contributed by atoms with van der Waals surface area (Å²) in [6.07, 6.45) is 0. The van der Waals surface area contributed by atoms with Gasteiger partial charge in [-0.2, -0.15) is 5.10 Å². The summed E-state index contributed by atoms with van der Waals surface area (Å²) in [5.41, 5.74) is 1.51. The van der Waals surface area contributed by atoms with Crippen LogP contribution in [-0.4, -0.2) is 26.0 Å². The van der Waals surface area contributed by atoms with Gasteiger partial charge in [0.05, 0.1) is 11.4 Å². The minimum atomic E-state index is -1.13. The van der Waals surface area contributed by atoms with E-state index in [1.54, 1.807) is 12.1 Å². The van der Waals surface area contributed by atoms with E-state index in [9.17, 15) is 19.4 Å². The molecule has 2 N–H and O–H groups in total. The molecule has 0 saturated heterocycles. The second-order valence-electron chi connectivity index (χ2n) is 4.66. The number of phenols is 1. The standard InChI is InChI=1S/C16H11FN2O3/c17-11-3-1-10(2-4-11)14-9-15(16(21)22)19(18-14)12-5-7-13(20)8-6-12/h1-9,20H,(H,21,22). The number of aromatic carboxylic acids is 1. The number of nitrogens with zero attached hydrogens (tertiary/aromatic N) is 2. The van der Waals surface area contributed by atoms with Crippen molar-refractivity contribution >= 4 is 5.97 Å². The van der Waals surface area contributed by atoms with E-state index in [1.807, 2.05) is 0 Å². The predicted molar refractivity (Wildman–Crippen MR) is 77.6 cm³/mol. The maximum absolute atomic E-state index is 13.0. The van der Waals surface area contributed by atoms with Gasteiger partial charge < -0.3 is 10.2 Å². The van der Waals surface area contributed by atoms with E-state index in [0.717, 1.165) is 0 Å². The first kappa shape index (κ1) is 13.8. The Morgan fingerprint density at radius 3 is 2.27 bits per heavy atom. The van der Waals surface area contributed by atoms with Crippen LogP contribution in [0.3, 0.4) is 0 Å². The summed E-state index contributed by atoms with van der Waals surface area (Å²) in [6, 6.07) is 13.1. The molecule has 0 spiro atoms. The maximum Gasteiger partial charge on any atom is 0.354 e. The molecule has 22 heavy (non-hydrogen) atoms. The molecular formula is C16H11FN2O3. The highest BCUT2D eigenvalue weighted by Gasteiger charge is 2.16. The summed E-state index contributed by atoms with van der Waals surface area (Å²) in [7, 11) is 0. The Bertz CT molecular complexity index is 824. The number of rotatable bonds is 3. The van der Waals surface area contributed by atoms with Crippen LogP contribution in [0.15, 0.2) is 54.6 Å². The highest BCUT2D eigenvalue weighted by atomic mass is 19.1. The van der Waals surface area contributed by atoms with Crippen LogP contribution in [0.5, 0.6) is 5.75 Å². The van der Waals surface area contributed by atoms with Crippen molar-refractivity contribution in [1.82, 2.24) is 9.78 Å². The zero-order valence-corrected chi connectivity index (χ0v) is 11.3. The predicted octanol–water partition coefficient (Wildman–Crippen LogP) is 3.08. The molecule has 0 aliphatic carbocycles. The Labute approximate surface area is 124 Å². The molecule has 0 atom stereocenters. The maximum atomic E-state index is 13.0. The number of carbonyl (C=O) groups is 1. The minimum Gasteiger partial charge on any atom is -0.508 e. The van der Waals surface area contributed by atoms with Crippen LogP contribution < -0.4 is 0 Å². The molecule has 3 aromatic rings. The lowest BCUT2D eigenvalue weighted by Crippen LogP contribution is -2.07. The monoisotopic (exact) mass is 298 g/mol. The van der Waals surface area contributed by atoms with Crippen molar-refractivity contribution in [3.8, 4) is 22.7 Å². The van der Waals surface area contributed by atoms with Gasteiger partial charge in [-0.05, 0) is 54.6 Å². The van der Waals surface area contributed by atoms with Crippen molar-refractivity contribution in [3.05, 3.63) is 66.1 Å². The van der Waals surface area contributed by atoms with E-state index in [-0.39, 0.29) is 17.3 Å². The van der Waals surface area contributed by atoms with Gasteiger partial charge in [0.25, 0.3) is 0 Å². The van der Waals surface area contributed by atoms with E-state index in [1.165, 1.54) is 47.1 Å². The highest BCUT2D eigenvalue weighted by Crippen LogP contribution is 2.23. The minimum absolute atomic E-state index is 0.0231. The van der Waals surface area contributed by atoms with Crippen LogP contribution in [0.25, 0.3) is 16.9 Å². The number of hydrogen-bond donors (Lipinski definition) is 2. The topological polar surface area (TPSA) is 75.3 Å².